The SMILES string of the molecule is Cc1ccc(OCCCCNC(=O)c2ccc(Br)o2)cc1. The smallest absolute Gasteiger partial charge is 0.287 e. The van der Waals surface area contributed by atoms with Crippen LogP contribution in [0.15, 0.2) is 45.5 Å². The predicted molar refractivity (Wildman–Crippen MR) is 84.6 cm³/mol. The lowest BCUT2D eigenvalue weighted by molar-refractivity contribution is 0.0923. The normalized spacial score (nSPS) is 10.4. The molecule has 2 rings (SSSR count). The molecule has 112 valence electrons. The Hall–Kier alpha value is -1.75. The first-order chi connectivity index (χ1) is 10.1. The van der Waals surface area contributed by atoms with E-state index >= 15 is 0 Å². The molecule has 2 aromatic rings. The van der Waals surface area contributed by atoms with Gasteiger partial charge in [0.05, 0.1) is 6.61 Å². The zero-order valence-corrected chi connectivity index (χ0v) is 13.5. The van der Waals surface area contributed by atoms with Crippen molar-refractivity contribution >= 4 is 21.8 Å². The molecule has 1 aromatic carbocycles. The van der Waals surface area contributed by atoms with Crippen LogP contribution in [0.2, 0.25) is 0 Å². The van der Waals surface area contributed by atoms with E-state index in [1.807, 2.05) is 31.2 Å². The molecule has 1 heterocycles. The van der Waals surface area contributed by atoms with Crippen LogP contribution in [0.25, 0.3) is 0 Å². The second kappa shape index (κ2) is 7.88. The zero-order valence-electron chi connectivity index (χ0n) is 11.9. The lowest BCUT2D eigenvalue weighted by atomic mass is 10.2. The second-order valence-corrected chi connectivity index (χ2v) is 5.51. The third-order valence-corrected chi connectivity index (χ3v) is 3.37. The largest absolute Gasteiger partial charge is 0.494 e. The first kappa shape index (κ1) is 15.6. The average molecular weight is 352 g/mol. The number of hydrogen-bond donors (Lipinski definition) is 1. The van der Waals surface area contributed by atoms with E-state index in [0.717, 1.165) is 18.6 Å². The molecule has 1 aromatic heterocycles. The van der Waals surface area contributed by atoms with Gasteiger partial charge in [0.25, 0.3) is 5.91 Å². The van der Waals surface area contributed by atoms with Crippen LogP contribution < -0.4 is 10.1 Å². The topological polar surface area (TPSA) is 51.5 Å². The van der Waals surface area contributed by atoms with Gasteiger partial charge < -0.3 is 14.5 Å². The van der Waals surface area contributed by atoms with Crippen molar-refractivity contribution in [3.05, 3.63) is 52.4 Å². The number of carbonyl (C=O) groups excluding carboxylic acids is 1. The van der Waals surface area contributed by atoms with Crippen molar-refractivity contribution in [3.8, 4) is 5.75 Å². The monoisotopic (exact) mass is 351 g/mol. The van der Waals surface area contributed by atoms with Gasteiger partial charge in [-0.1, -0.05) is 17.7 Å². The fraction of sp³-hybridized carbons (Fsp3) is 0.312. The Balaban J connectivity index is 1.58. The van der Waals surface area contributed by atoms with E-state index in [2.05, 4.69) is 21.2 Å². The van der Waals surface area contributed by atoms with Crippen LogP contribution in [0.4, 0.5) is 0 Å². The van der Waals surface area contributed by atoms with Gasteiger partial charge in [-0.05, 0) is 60.0 Å². The molecule has 0 radical (unpaired) electrons. The zero-order chi connectivity index (χ0) is 15.1. The fourth-order valence-electron chi connectivity index (χ4n) is 1.78. The number of rotatable bonds is 7. The maximum absolute atomic E-state index is 11.7. The molecular formula is C16H18BrNO3. The summed E-state index contributed by atoms with van der Waals surface area (Å²) in [5.74, 6) is 1.00. The summed E-state index contributed by atoms with van der Waals surface area (Å²) in [7, 11) is 0. The number of ether oxygens (including phenoxy) is 1. The van der Waals surface area contributed by atoms with E-state index < -0.39 is 0 Å². The van der Waals surface area contributed by atoms with Crippen molar-refractivity contribution < 1.29 is 13.9 Å². The highest BCUT2D eigenvalue weighted by Gasteiger charge is 2.08. The van der Waals surface area contributed by atoms with Crippen molar-refractivity contribution in [1.82, 2.24) is 5.32 Å². The van der Waals surface area contributed by atoms with Gasteiger partial charge in [-0.25, -0.2) is 0 Å². The van der Waals surface area contributed by atoms with Gasteiger partial charge in [-0.2, -0.15) is 0 Å². The quantitative estimate of drug-likeness (QED) is 0.768. The summed E-state index contributed by atoms with van der Waals surface area (Å²) in [6.45, 7) is 3.30. The predicted octanol–water partition coefficient (Wildman–Crippen LogP) is 3.94. The molecule has 0 spiro atoms. The molecule has 0 aliphatic carbocycles. The molecular weight excluding hydrogens is 334 g/mol. The molecule has 0 fully saturated rings. The number of unbranched alkanes of at least 4 members (excludes halogenated alkanes) is 1. The Labute approximate surface area is 132 Å². The van der Waals surface area contributed by atoms with Crippen LogP contribution >= 0.6 is 15.9 Å². The van der Waals surface area contributed by atoms with Crippen LogP contribution in [-0.4, -0.2) is 19.1 Å². The second-order valence-electron chi connectivity index (χ2n) is 4.73. The van der Waals surface area contributed by atoms with Crippen LogP contribution in [0, 0.1) is 6.92 Å². The van der Waals surface area contributed by atoms with E-state index in [1.165, 1.54) is 5.56 Å². The maximum atomic E-state index is 11.7. The van der Waals surface area contributed by atoms with Crippen LogP contribution in [0.5, 0.6) is 5.75 Å². The molecule has 0 unspecified atom stereocenters. The van der Waals surface area contributed by atoms with Crippen LogP contribution in [0.3, 0.4) is 0 Å². The Bertz CT molecular complexity index is 577. The highest BCUT2D eigenvalue weighted by atomic mass is 79.9. The average Bonchev–Trinajstić information content (AvgIpc) is 2.91. The van der Waals surface area contributed by atoms with Crippen molar-refractivity contribution in [3.63, 3.8) is 0 Å². The Morgan fingerprint density at radius 3 is 2.62 bits per heavy atom. The van der Waals surface area contributed by atoms with Gasteiger partial charge in [-0.15, -0.1) is 0 Å². The van der Waals surface area contributed by atoms with Gasteiger partial charge in [0.2, 0.25) is 0 Å². The number of benzene rings is 1. The summed E-state index contributed by atoms with van der Waals surface area (Å²) in [6.07, 6.45) is 1.75. The molecule has 0 saturated carbocycles. The molecule has 5 heteroatoms. The van der Waals surface area contributed by atoms with E-state index in [-0.39, 0.29) is 5.91 Å². The van der Waals surface area contributed by atoms with E-state index in [0.29, 0.717) is 23.6 Å². The first-order valence-corrected chi connectivity index (χ1v) is 7.67. The van der Waals surface area contributed by atoms with E-state index in [9.17, 15) is 4.79 Å². The van der Waals surface area contributed by atoms with Gasteiger partial charge in [-0.3, -0.25) is 4.79 Å². The molecule has 0 bridgehead atoms. The summed E-state index contributed by atoms with van der Waals surface area (Å²) in [6, 6.07) is 11.3. The van der Waals surface area contributed by atoms with Crippen molar-refractivity contribution in [1.29, 1.82) is 0 Å². The summed E-state index contributed by atoms with van der Waals surface area (Å²) >= 11 is 3.17. The fourth-order valence-corrected chi connectivity index (χ4v) is 2.08. The van der Waals surface area contributed by atoms with Crippen molar-refractivity contribution in [2.75, 3.05) is 13.2 Å². The summed E-state index contributed by atoms with van der Waals surface area (Å²) in [5, 5.41) is 2.81. The molecule has 1 N–H and O–H groups in total. The minimum Gasteiger partial charge on any atom is -0.494 e. The summed E-state index contributed by atoms with van der Waals surface area (Å²) < 4.78 is 11.3. The number of aryl methyl sites for hydroxylation is 1. The number of amides is 1. The van der Waals surface area contributed by atoms with E-state index in [1.54, 1.807) is 12.1 Å². The lowest BCUT2D eigenvalue weighted by Crippen LogP contribution is -2.24. The first-order valence-electron chi connectivity index (χ1n) is 6.88. The molecule has 0 atom stereocenters. The molecule has 1 amide bonds. The van der Waals surface area contributed by atoms with Gasteiger partial charge in [0.15, 0.2) is 10.4 Å². The lowest BCUT2D eigenvalue weighted by Gasteiger charge is -2.07. The van der Waals surface area contributed by atoms with Gasteiger partial charge in [0, 0.05) is 6.54 Å². The van der Waals surface area contributed by atoms with Crippen LogP contribution in [-0.2, 0) is 0 Å². The number of furan rings is 1. The van der Waals surface area contributed by atoms with Gasteiger partial charge >= 0.3 is 0 Å². The third kappa shape index (κ3) is 5.27. The van der Waals surface area contributed by atoms with Crippen LogP contribution in [0.1, 0.15) is 29.0 Å². The Morgan fingerprint density at radius 1 is 1.19 bits per heavy atom. The molecule has 21 heavy (non-hydrogen) atoms. The molecule has 0 aliphatic rings. The molecule has 0 saturated heterocycles. The number of hydrogen-bond acceptors (Lipinski definition) is 3. The van der Waals surface area contributed by atoms with Crippen molar-refractivity contribution in [2.45, 2.75) is 19.8 Å². The maximum Gasteiger partial charge on any atom is 0.287 e. The van der Waals surface area contributed by atoms with E-state index in [4.69, 9.17) is 9.15 Å². The highest BCUT2D eigenvalue weighted by Crippen LogP contribution is 2.14. The third-order valence-electron chi connectivity index (χ3n) is 2.94. The molecule has 0 aliphatic heterocycles. The highest BCUT2D eigenvalue weighted by molar-refractivity contribution is 9.10. The Morgan fingerprint density at radius 2 is 1.95 bits per heavy atom. The minimum atomic E-state index is -0.194. The van der Waals surface area contributed by atoms with Gasteiger partial charge in [0.1, 0.15) is 5.75 Å². The molecule has 4 nitrogen and oxygen atoms in total. The van der Waals surface area contributed by atoms with Crippen molar-refractivity contribution in [2.24, 2.45) is 0 Å². The number of nitrogens with one attached hydrogen (secondary N) is 1. The minimum absolute atomic E-state index is 0.194. The Kier molecular flexibility index (Phi) is 5.87. The standard InChI is InChI=1S/C16H18BrNO3/c1-12-4-6-13(7-5-12)20-11-3-2-10-18-16(19)14-8-9-15(17)21-14/h4-9H,2-3,10-11H2,1H3,(H,18,19). The summed E-state index contributed by atoms with van der Waals surface area (Å²) in [4.78, 5) is 11.7. The number of carbonyl (C=O) groups is 1. The summed E-state index contributed by atoms with van der Waals surface area (Å²) in [5.41, 5.74) is 1.22. The number of halogens is 1.